The maximum atomic E-state index is 13.3. The van der Waals surface area contributed by atoms with E-state index in [0.29, 0.717) is 6.61 Å². The SMILES string of the molecule is CCCOCC(=O)c1c(F)cc(Br)cc1F. The van der Waals surface area contributed by atoms with Gasteiger partial charge in [0.25, 0.3) is 0 Å². The molecule has 0 saturated heterocycles. The number of ketones is 1. The fraction of sp³-hybridized carbons (Fsp3) is 0.364. The maximum absolute atomic E-state index is 13.3. The third kappa shape index (κ3) is 3.35. The van der Waals surface area contributed by atoms with Crippen molar-refractivity contribution in [1.29, 1.82) is 0 Å². The Bertz CT molecular complexity index is 371. The Labute approximate surface area is 101 Å². The molecule has 1 rings (SSSR count). The zero-order valence-corrected chi connectivity index (χ0v) is 10.3. The van der Waals surface area contributed by atoms with Crippen molar-refractivity contribution in [2.24, 2.45) is 0 Å². The summed E-state index contributed by atoms with van der Waals surface area (Å²) in [5.74, 6) is -2.44. The van der Waals surface area contributed by atoms with Crippen molar-refractivity contribution in [3.8, 4) is 0 Å². The molecule has 0 fully saturated rings. The minimum atomic E-state index is -0.878. The summed E-state index contributed by atoms with van der Waals surface area (Å²) in [7, 11) is 0. The average Bonchev–Trinajstić information content (AvgIpc) is 2.16. The molecule has 0 radical (unpaired) electrons. The van der Waals surface area contributed by atoms with Gasteiger partial charge in [-0.25, -0.2) is 8.78 Å². The van der Waals surface area contributed by atoms with Crippen molar-refractivity contribution in [3.05, 3.63) is 33.8 Å². The van der Waals surface area contributed by atoms with Crippen LogP contribution in [0.1, 0.15) is 23.7 Å². The smallest absolute Gasteiger partial charge is 0.194 e. The Morgan fingerprint density at radius 1 is 1.38 bits per heavy atom. The van der Waals surface area contributed by atoms with E-state index < -0.39 is 23.0 Å². The number of halogens is 3. The summed E-state index contributed by atoms with van der Waals surface area (Å²) in [6, 6.07) is 2.10. The van der Waals surface area contributed by atoms with Crippen LogP contribution in [0, 0.1) is 11.6 Å². The molecule has 1 aromatic rings. The van der Waals surface area contributed by atoms with Crippen LogP contribution in [0.4, 0.5) is 8.78 Å². The highest BCUT2D eigenvalue weighted by atomic mass is 79.9. The summed E-state index contributed by atoms with van der Waals surface area (Å²) in [5.41, 5.74) is -0.542. The molecule has 0 aliphatic carbocycles. The number of hydrogen-bond acceptors (Lipinski definition) is 2. The van der Waals surface area contributed by atoms with Crippen molar-refractivity contribution < 1.29 is 18.3 Å². The fourth-order valence-corrected chi connectivity index (χ4v) is 1.59. The maximum Gasteiger partial charge on any atom is 0.194 e. The lowest BCUT2D eigenvalue weighted by Crippen LogP contribution is -2.13. The second-order valence-electron chi connectivity index (χ2n) is 3.22. The number of rotatable bonds is 5. The van der Waals surface area contributed by atoms with Gasteiger partial charge in [-0.05, 0) is 18.6 Å². The summed E-state index contributed by atoms with van der Waals surface area (Å²) in [4.78, 5) is 11.5. The number of hydrogen-bond donors (Lipinski definition) is 0. The van der Waals surface area contributed by atoms with Crippen molar-refractivity contribution in [1.82, 2.24) is 0 Å². The molecule has 0 aliphatic heterocycles. The van der Waals surface area contributed by atoms with Gasteiger partial charge in [0, 0.05) is 11.1 Å². The van der Waals surface area contributed by atoms with Gasteiger partial charge in [-0.1, -0.05) is 22.9 Å². The Balaban J connectivity index is 2.83. The van der Waals surface area contributed by atoms with Gasteiger partial charge in [0.2, 0.25) is 0 Å². The highest BCUT2D eigenvalue weighted by Crippen LogP contribution is 2.19. The molecule has 0 spiro atoms. The van der Waals surface area contributed by atoms with Crippen LogP contribution in [0.3, 0.4) is 0 Å². The minimum Gasteiger partial charge on any atom is -0.373 e. The molecule has 0 heterocycles. The highest BCUT2D eigenvalue weighted by Gasteiger charge is 2.18. The normalized spacial score (nSPS) is 10.5. The third-order valence-electron chi connectivity index (χ3n) is 1.87. The molecule has 0 aromatic heterocycles. The standard InChI is InChI=1S/C11H11BrF2O2/c1-2-3-16-6-10(15)11-8(13)4-7(12)5-9(11)14/h4-5H,2-3,6H2,1H3. The molecule has 0 unspecified atom stereocenters. The zero-order valence-electron chi connectivity index (χ0n) is 8.73. The molecule has 16 heavy (non-hydrogen) atoms. The van der Waals surface area contributed by atoms with Crippen LogP contribution >= 0.6 is 15.9 Å². The molecule has 0 saturated carbocycles. The van der Waals surface area contributed by atoms with Crippen LogP contribution in [-0.4, -0.2) is 19.0 Å². The Hall–Kier alpha value is -0.810. The van der Waals surface area contributed by atoms with E-state index >= 15 is 0 Å². The van der Waals surface area contributed by atoms with Gasteiger partial charge in [-0.3, -0.25) is 4.79 Å². The average molecular weight is 293 g/mol. The number of benzene rings is 1. The van der Waals surface area contributed by atoms with Crippen LogP contribution in [0.2, 0.25) is 0 Å². The van der Waals surface area contributed by atoms with Crippen molar-refractivity contribution in [3.63, 3.8) is 0 Å². The minimum absolute atomic E-state index is 0.258. The Kier molecular flexibility index (Phi) is 5.02. The molecule has 1 aromatic carbocycles. The molecular weight excluding hydrogens is 282 g/mol. The first-order chi connectivity index (χ1) is 7.56. The van der Waals surface area contributed by atoms with Crippen LogP contribution in [0.15, 0.2) is 16.6 Å². The molecular formula is C11H11BrF2O2. The molecule has 5 heteroatoms. The lowest BCUT2D eigenvalue weighted by molar-refractivity contribution is 0.0753. The summed E-state index contributed by atoms with van der Waals surface area (Å²) in [5, 5.41) is 0. The first kappa shape index (κ1) is 13.3. The first-order valence-corrected chi connectivity index (χ1v) is 5.61. The van der Waals surface area contributed by atoms with Gasteiger partial charge in [-0.2, -0.15) is 0 Å². The summed E-state index contributed by atoms with van der Waals surface area (Å²) >= 11 is 2.94. The van der Waals surface area contributed by atoms with Crippen LogP contribution < -0.4 is 0 Å². The molecule has 0 amide bonds. The van der Waals surface area contributed by atoms with Gasteiger partial charge in [0.15, 0.2) is 5.78 Å². The Morgan fingerprint density at radius 3 is 2.44 bits per heavy atom. The number of carbonyl (C=O) groups excluding carboxylic acids is 1. The van der Waals surface area contributed by atoms with Crippen LogP contribution in [0.25, 0.3) is 0 Å². The lowest BCUT2D eigenvalue weighted by atomic mass is 10.1. The predicted octanol–water partition coefficient (Wildman–Crippen LogP) is 3.34. The van der Waals surface area contributed by atoms with Crippen molar-refractivity contribution >= 4 is 21.7 Å². The monoisotopic (exact) mass is 292 g/mol. The quantitative estimate of drug-likeness (QED) is 0.615. The largest absolute Gasteiger partial charge is 0.373 e. The lowest BCUT2D eigenvalue weighted by Gasteiger charge is -2.05. The van der Waals surface area contributed by atoms with Crippen LogP contribution in [-0.2, 0) is 4.74 Å². The molecule has 0 atom stereocenters. The molecule has 0 bridgehead atoms. The van der Waals surface area contributed by atoms with E-state index in [2.05, 4.69) is 15.9 Å². The number of Topliss-reactive ketones (excluding diaryl/α,β-unsaturated/α-hetero) is 1. The van der Waals surface area contributed by atoms with E-state index in [1.54, 1.807) is 0 Å². The fourth-order valence-electron chi connectivity index (χ4n) is 1.19. The van der Waals surface area contributed by atoms with E-state index in [4.69, 9.17) is 4.74 Å². The number of ether oxygens (including phenoxy) is 1. The van der Waals surface area contributed by atoms with Gasteiger partial charge in [0.05, 0.1) is 5.56 Å². The van der Waals surface area contributed by atoms with Gasteiger partial charge in [-0.15, -0.1) is 0 Å². The van der Waals surface area contributed by atoms with Gasteiger partial charge in [0.1, 0.15) is 18.2 Å². The van der Waals surface area contributed by atoms with Crippen LogP contribution in [0.5, 0.6) is 0 Å². The topological polar surface area (TPSA) is 26.3 Å². The number of carbonyl (C=O) groups is 1. The van der Waals surface area contributed by atoms with E-state index in [1.807, 2.05) is 6.92 Å². The van der Waals surface area contributed by atoms with E-state index in [0.717, 1.165) is 18.6 Å². The second kappa shape index (κ2) is 6.06. The molecule has 0 N–H and O–H groups in total. The highest BCUT2D eigenvalue weighted by molar-refractivity contribution is 9.10. The second-order valence-corrected chi connectivity index (χ2v) is 4.14. The van der Waals surface area contributed by atoms with E-state index in [1.165, 1.54) is 0 Å². The van der Waals surface area contributed by atoms with E-state index in [9.17, 15) is 13.6 Å². The predicted molar refractivity (Wildman–Crippen MR) is 59.5 cm³/mol. The Morgan fingerprint density at radius 2 is 1.94 bits per heavy atom. The third-order valence-corrected chi connectivity index (χ3v) is 2.33. The summed E-state index contributed by atoms with van der Waals surface area (Å²) in [6.45, 7) is 1.97. The summed E-state index contributed by atoms with van der Waals surface area (Å²) in [6.07, 6.45) is 0.749. The molecule has 88 valence electrons. The van der Waals surface area contributed by atoms with Crippen molar-refractivity contribution in [2.45, 2.75) is 13.3 Å². The van der Waals surface area contributed by atoms with Gasteiger partial charge < -0.3 is 4.74 Å². The first-order valence-electron chi connectivity index (χ1n) is 4.81. The van der Waals surface area contributed by atoms with Gasteiger partial charge >= 0.3 is 0 Å². The molecule has 2 nitrogen and oxygen atoms in total. The summed E-state index contributed by atoms with van der Waals surface area (Å²) < 4.78 is 31.9. The molecule has 0 aliphatic rings. The van der Waals surface area contributed by atoms with Crippen molar-refractivity contribution in [2.75, 3.05) is 13.2 Å². The van der Waals surface area contributed by atoms with E-state index in [-0.39, 0.29) is 11.1 Å². The zero-order chi connectivity index (χ0) is 12.1.